The summed E-state index contributed by atoms with van der Waals surface area (Å²) >= 11 is 3.33. The molecule has 0 fully saturated rings. The topological polar surface area (TPSA) is 68.1 Å². The van der Waals surface area contributed by atoms with Crippen molar-refractivity contribution in [1.82, 2.24) is 15.0 Å². The van der Waals surface area contributed by atoms with E-state index < -0.39 is 6.10 Å². The second-order valence-corrected chi connectivity index (χ2v) is 4.08. The molecular weight excluding hydrogens is 286 g/mol. The van der Waals surface area contributed by atoms with Crippen LogP contribution < -0.4 is 4.74 Å². The molecule has 0 aromatic carbocycles. The van der Waals surface area contributed by atoms with Gasteiger partial charge < -0.3 is 9.84 Å². The Hall–Kier alpha value is -1.53. The SMILES string of the molecule is COc1nccnc1C(O)c1ncccc1Br. The van der Waals surface area contributed by atoms with Crippen LogP contribution in [0.4, 0.5) is 0 Å². The Bertz CT molecular complexity index is 522. The smallest absolute Gasteiger partial charge is 0.238 e. The third kappa shape index (κ3) is 2.42. The van der Waals surface area contributed by atoms with Gasteiger partial charge in [-0.1, -0.05) is 0 Å². The highest BCUT2D eigenvalue weighted by molar-refractivity contribution is 9.10. The molecule has 1 N–H and O–H groups in total. The first-order valence-corrected chi connectivity index (χ1v) is 5.66. The lowest BCUT2D eigenvalue weighted by atomic mass is 10.1. The molecule has 1 atom stereocenters. The van der Waals surface area contributed by atoms with E-state index in [-0.39, 0.29) is 5.88 Å². The first-order chi connectivity index (χ1) is 8.24. The molecule has 5 nitrogen and oxygen atoms in total. The zero-order valence-corrected chi connectivity index (χ0v) is 10.6. The zero-order chi connectivity index (χ0) is 12.3. The minimum absolute atomic E-state index is 0.289. The normalized spacial score (nSPS) is 12.2. The molecule has 1 unspecified atom stereocenters. The van der Waals surface area contributed by atoms with Crippen molar-refractivity contribution in [3.63, 3.8) is 0 Å². The van der Waals surface area contributed by atoms with Crippen molar-refractivity contribution < 1.29 is 9.84 Å². The molecule has 88 valence electrons. The van der Waals surface area contributed by atoms with Gasteiger partial charge in [0.05, 0.1) is 12.8 Å². The summed E-state index contributed by atoms with van der Waals surface area (Å²) in [5.74, 6) is 0.289. The number of hydrogen-bond donors (Lipinski definition) is 1. The summed E-state index contributed by atoms with van der Waals surface area (Å²) in [6, 6.07) is 3.57. The van der Waals surface area contributed by atoms with Gasteiger partial charge >= 0.3 is 0 Å². The van der Waals surface area contributed by atoms with E-state index in [2.05, 4.69) is 30.9 Å². The molecule has 0 radical (unpaired) electrons. The van der Waals surface area contributed by atoms with Gasteiger partial charge in [0.15, 0.2) is 0 Å². The molecule has 2 rings (SSSR count). The van der Waals surface area contributed by atoms with Crippen LogP contribution in [0.1, 0.15) is 17.5 Å². The van der Waals surface area contributed by atoms with Gasteiger partial charge in [0.2, 0.25) is 5.88 Å². The lowest BCUT2D eigenvalue weighted by molar-refractivity contribution is 0.202. The van der Waals surface area contributed by atoms with E-state index in [0.29, 0.717) is 15.9 Å². The molecule has 6 heteroatoms. The molecule has 0 aliphatic carbocycles. The van der Waals surface area contributed by atoms with Gasteiger partial charge in [-0.25, -0.2) is 4.98 Å². The Balaban J connectivity index is 2.44. The number of nitrogens with zero attached hydrogens (tertiary/aromatic N) is 3. The van der Waals surface area contributed by atoms with E-state index in [4.69, 9.17) is 4.74 Å². The molecule has 0 aliphatic rings. The van der Waals surface area contributed by atoms with Crippen molar-refractivity contribution in [1.29, 1.82) is 0 Å². The first-order valence-electron chi connectivity index (χ1n) is 4.87. The highest BCUT2D eigenvalue weighted by Gasteiger charge is 2.20. The fourth-order valence-corrected chi connectivity index (χ4v) is 1.88. The van der Waals surface area contributed by atoms with Crippen molar-refractivity contribution in [2.24, 2.45) is 0 Å². The van der Waals surface area contributed by atoms with Gasteiger partial charge in [-0.05, 0) is 28.1 Å². The number of aromatic nitrogens is 3. The monoisotopic (exact) mass is 295 g/mol. The Morgan fingerprint density at radius 1 is 1.18 bits per heavy atom. The number of aliphatic hydroxyl groups excluding tert-OH is 1. The number of halogens is 1. The average Bonchev–Trinajstić information content (AvgIpc) is 2.38. The van der Waals surface area contributed by atoms with Crippen molar-refractivity contribution in [2.75, 3.05) is 7.11 Å². The highest BCUT2D eigenvalue weighted by Crippen LogP contribution is 2.28. The van der Waals surface area contributed by atoms with Gasteiger partial charge in [0.25, 0.3) is 0 Å². The number of hydrogen-bond acceptors (Lipinski definition) is 5. The molecule has 2 heterocycles. The number of ether oxygens (including phenoxy) is 1. The van der Waals surface area contributed by atoms with E-state index in [1.54, 1.807) is 18.3 Å². The van der Waals surface area contributed by atoms with Crippen LogP contribution in [0.5, 0.6) is 5.88 Å². The lowest BCUT2D eigenvalue weighted by Crippen LogP contribution is -2.08. The maximum Gasteiger partial charge on any atom is 0.238 e. The van der Waals surface area contributed by atoms with Gasteiger partial charge in [-0.15, -0.1) is 0 Å². The quantitative estimate of drug-likeness (QED) is 0.934. The molecular formula is C11H10BrN3O2. The molecule has 0 bridgehead atoms. The summed E-state index contributed by atoms with van der Waals surface area (Å²) in [7, 11) is 1.48. The van der Waals surface area contributed by atoms with Crippen molar-refractivity contribution in [2.45, 2.75) is 6.10 Å². The fourth-order valence-electron chi connectivity index (χ4n) is 1.41. The summed E-state index contributed by atoms with van der Waals surface area (Å²) in [6.45, 7) is 0. The summed E-state index contributed by atoms with van der Waals surface area (Å²) in [5, 5.41) is 10.2. The molecule has 17 heavy (non-hydrogen) atoms. The number of pyridine rings is 1. The molecule has 2 aromatic heterocycles. The predicted octanol–water partition coefficient (Wildman–Crippen LogP) is 1.72. The second-order valence-electron chi connectivity index (χ2n) is 3.22. The van der Waals surface area contributed by atoms with Gasteiger partial charge in [-0.2, -0.15) is 0 Å². The second kappa shape index (κ2) is 5.20. The van der Waals surface area contributed by atoms with Crippen LogP contribution in [-0.4, -0.2) is 27.2 Å². The lowest BCUT2D eigenvalue weighted by Gasteiger charge is -2.12. The minimum atomic E-state index is -0.978. The number of aliphatic hydroxyl groups is 1. The maximum absolute atomic E-state index is 10.2. The van der Waals surface area contributed by atoms with Crippen molar-refractivity contribution in [3.05, 3.63) is 46.6 Å². The fraction of sp³-hybridized carbons (Fsp3) is 0.182. The average molecular weight is 296 g/mol. The molecule has 0 aliphatic heterocycles. The van der Waals surface area contributed by atoms with Crippen LogP contribution in [0, 0.1) is 0 Å². The van der Waals surface area contributed by atoms with E-state index in [1.165, 1.54) is 19.5 Å². The zero-order valence-electron chi connectivity index (χ0n) is 9.04. The van der Waals surface area contributed by atoms with E-state index in [9.17, 15) is 5.11 Å². The largest absolute Gasteiger partial charge is 0.480 e. The Labute approximate surface area is 107 Å². The van der Waals surface area contributed by atoms with E-state index in [1.807, 2.05) is 0 Å². The third-order valence-corrected chi connectivity index (χ3v) is 2.86. The Morgan fingerprint density at radius 3 is 2.59 bits per heavy atom. The summed E-state index contributed by atoms with van der Waals surface area (Å²) in [4.78, 5) is 12.2. The molecule has 0 amide bonds. The third-order valence-electron chi connectivity index (χ3n) is 2.19. The summed E-state index contributed by atoms with van der Waals surface area (Å²) < 4.78 is 5.76. The van der Waals surface area contributed by atoms with Gasteiger partial charge in [0.1, 0.15) is 11.8 Å². The Morgan fingerprint density at radius 2 is 1.88 bits per heavy atom. The van der Waals surface area contributed by atoms with Crippen molar-refractivity contribution >= 4 is 15.9 Å². The van der Waals surface area contributed by atoms with Crippen LogP contribution in [-0.2, 0) is 0 Å². The Kier molecular flexibility index (Phi) is 3.65. The predicted molar refractivity (Wildman–Crippen MR) is 64.6 cm³/mol. The standard InChI is InChI=1S/C11H10BrN3O2/c1-17-11-9(14-5-6-15-11)10(16)8-7(12)3-2-4-13-8/h2-6,10,16H,1H3. The summed E-state index contributed by atoms with van der Waals surface area (Å²) in [6.07, 6.45) is 3.63. The van der Waals surface area contributed by atoms with Crippen LogP contribution in [0.3, 0.4) is 0 Å². The maximum atomic E-state index is 10.2. The van der Waals surface area contributed by atoms with Gasteiger partial charge in [-0.3, -0.25) is 9.97 Å². The number of methoxy groups -OCH3 is 1. The van der Waals surface area contributed by atoms with Crippen molar-refractivity contribution in [3.8, 4) is 5.88 Å². The molecule has 2 aromatic rings. The van der Waals surface area contributed by atoms with Crippen LogP contribution >= 0.6 is 15.9 Å². The summed E-state index contributed by atoms with van der Waals surface area (Å²) in [5.41, 5.74) is 0.820. The first kappa shape index (κ1) is 11.9. The number of rotatable bonds is 3. The van der Waals surface area contributed by atoms with Crippen LogP contribution in [0.15, 0.2) is 35.2 Å². The minimum Gasteiger partial charge on any atom is -0.480 e. The molecule has 0 spiro atoms. The molecule has 0 saturated heterocycles. The van der Waals surface area contributed by atoms with Crippen LogP contribution in [0.25, 0.3) is 0 Å². The van der Waals surface area contributed by atoms with E-state index >= 15 is 0 Å². The van der Waals surface area contributed by atoms with Crippen LogP contribution in [0.2, 0.25) is 0 Å². The van der Waals surface area contributed by atoms with Gasteiger partial charge in [0, 0.05) is 23.1 Å². The highest BCUT2D eigenvalue weighted by atomic mass is 79.9. The van der Waals surface area contributed by atoms with E-state index in [0.717, 1.165) is 0 Å². The molecule has 0 saturated carbocycles.